The number of carbonyl (C=O) groups is 1. The first-order chi connectivity index (χ1) is 14.4. The number of fused-ring (bicyclic) bond motifs is 1. The molecule has 3 aromatic rings. The molecule has 1 aliphatic rings. The lowest BCUT2D eigenvalue weighted by molar-refractivity contribution is -0.116. The zero-order valence-corrected chi connectivity index (χ0v) is 17.9. The van der Waals surface area contributed by atoms with Crippen molar-refractivity contribution in [3.05, 3.63) is 76.3 Å². The van der Waals surface area contributed by atoms with Gasteiger partial charge in [-0.05, 0) is 36.1 Å². The molecule has 4 rings (SSSR count). The van der Waals surface area contributed by atoms with Gasteiger partial charge in [0.15, 0.2) is 0 Å². The molecule has 0 radical (unpaired) electrons. The molecule has 1 aliphatic heterocycles. The number of amides is 1. The molecule has 1 amide bonds. The maximum absolute atomic E-state index is 12.2. The second kappa shape index (κ2) is 8.32. The first-order valence-corrected chi connectivity index (χ1v) is 10.3. The zero-order chi connectivity index (χ0) is 21.3. The lowest BCUT2D eigenvalue weighted by Gasteiger charge is -2.25. The summed E-state index contributed by atoms with van der Waals surface area (Å²) in [4.78, 5) is 16.7. The van der Waals surface area contributed by atoms with Gasteiger partial charge in [-0.2, -0.15) is 4.98 Å². The number of carbonyl (C=O) groups excluding carboxylic acids is 1. The van der Waals surface area contributed by atoms with Crippen LogP contribution in [0.1, 0.15) is 43.0 Å². The Morgan fingerprint density at radius 1 is 1.20 bits per heavy atom. The summed E-state index contributed by atoms with van der Waals surface area (Å²) in [5.74, 6) is 0.983. The molecule has 154 valence electrons. The van der Waals surface area contributed by atoms with Crippen molar-refractivity contribution in [3.8, 4) is 0 Å². The molecule has 0 fully saturated rings. The lowest BCUT2D eigenvalue weighted by atomic mass is 10.0. The van der Waals surface area contributed by atoms with Crippen LogP contribution in [0.3, 0.4) is 0 Å². The van der Waals surface area contributed by atoms with Gasteiger partial charge in [-0.1, -0.05) is 73.5 Å². The van der Waals surface area contributed by atoms with Crippen LogP contribution in [-0.2, 0) is 4.79 Å². The predicted molar refractivity (Wildman–Crippen MR) is 120 cm³/mol. The van der Waals surface area contributed by atoms with Gasteiger partial charge in [0.05, 0.1) is 0 Å². The number of anilines is 2. The van der Waals surface area contributed by atoms with Crippen LogP contribution >= 0.6 is 11.6 Å². The van der Waals surface area contributed by atoms with Gasteiger partial charge in [0.1, 0.15) is 6.04 Å². The number of aryl methyl sites for hydroxylation is 1. The van der Waals surface area contributed by atoms with Gasteiger partial charge in [-0.25, -0.2) is 4.68 Å². The third kappa shape index (κ3) is 4.24. The van der Waals surface area contributed by atoms with Gasteiger partial charge < -0.3 is 5.32 Å². The van der Waals surface area contributed by atoms with Crippen molar-refractivity contribution in [2.75, 3.05) is 10.6 Å². The molecule has 6 nitrogen and oxygen atoms in total. The molecule has 2 heterocycles. The van der Waals surface area contributed by atoms with E-state index in [9.17, 15) is 4.79 Å². The highest BCUT2D eigenvalue weighted by Crippen LogP contribution is 2.35. The number of benzene rings is 2. The number of rotatable bonds is 5. The molecule has 0 bridgehead atoms. The van der Waals surface area contributed by atoms with E-state index in [-0.39, 0.29) is 23.8 Å². The number of hydrogen-bond donors (Lipinski definition) is 2. The van der Waals surface area contributed by atoms with Crippen molar-refractivity contribution in [3.63, 3.8) is 0 Å². The van der Waals surface area contributed by atoms with Gasteiger partial charge in [-0.15, -0.1) is 5.10 Å². The normalized spacial score (nSPS) is 15.4. The third-order valence-electron chi connectivity index (χ3n) is 4.90. The van der Waals surface area contributed by atoms with E-state index < -0.39 is 0 Å². The highest BCUT2D eigenvalue weighted by molar-refractivity contribution is 6.31. The fourth-order valence-corrected chi connectivity index (χ4v) is 3.68. The van der Waals surface area contributed by atoms with E-state index in [4.69, 9.17) is 11.6 Å². The Bertz CT molecular complexity index is 1100. The number of aromatic nitrogens is 3. The first kappa shape index (κ1) is 20.2. The van der Waals surface area contributed by atoms with Crippen LogP contribution in [0.5, 0.6) is 0 Å². The molecule has 2 aromatic carbocycles. The Balaban J connectivity index is 1.73. The van der Waals surface area contributed by atoms with Gasteiger partial charge in [-0.3, -0.25) is 10.1 Å². The van der Waals surface area contributed by atoms with E-state index in [1.165, 1.54) is 5.56 Å². The second-order valence-corrected chi connectivity index (χ2v) is 8.29. The van der Waals surface area contributed by atoms with Crippen molar-refractivity contribution in [2.45, 2.75) is 33.2 Å². The fourth-order valence-electron chi connectivity index (χ4n) is 3.43. The molecule has 7 heteroatoms. The quantitative estimate of drug-likeness (QED) is 0.587. The predicted octanol–water partition coefficient (Wildman–Crippen LogP) is 5.28. The summed E-state index contributed by atoms with van der Waals surface area (Å²) in [5.41, 5.74) is 4.06. The Morgan fingerprint density at radius 3 is 2.63 bits per heavy atom. The van der Waals surface area contributed by atoms with Crippen molar-refractivity contribution in [1.82, 2.24) is 14.8 Å². The van der Waals surface area contributed by atoms with E-state index in [1.54, 1.807) is 4.68 Å². The van der Waals surface area contributed by atoms with E-state index in [0.29, 0.717) is 17.4 Å². The Labute approximate surface area is 181 Å². The zero-order valence-electron chi connectivity index (χ0n) is 17.2. The van der Waals surface area contributed by atoms with Gasteiger partial charge in [0, 0.05) is 17.1 Å². The van der Waals surface area contributed by atoms with Crippen molar-refractivity contribution in [2.24, 2.45) is 5.92 Å². The van der Waals surface area contributed by atoms with E-state index in [0.717, 1.165) is 16.8 Å². The number of halogens is 1. The Morgan fingerprint density at radius 2 is 1.93 bits per heavy atom. The van der Waals surface area contributed by atoms with E-state index >= 15 is 0 Å². The van der Waals surface area contributed by atoms with Crippen LogP contribution in [0.25, 0.3) is 5.70 Å². The van der Waals surface area contributed by atoms with Gasteiger partial charge in [0.2, 0.25) is 11.9 Å². The molecule has 1 atom stereocenters. The lowest BCUT2D eigenvalue weighted by Crippen LogP contribution is -2.20. The van der Waals surface area contributed by atoms with Crippen LogP contribution in [0.2, 0.25) is 5.02 Å². The number of hydrogen-bond acceptors (Lipinski definition) is 4. The van der Waals surface area contributed by atoms with E-state index in [2.05, 4.69) is 58.0 Å². The minimum absolute atomic E-state index is 0.103. The molecule has 30 heavy (non-hydrogen) atoms. The van der Waals surface area contributed by atoms with Crippen LogP contribution in [0.4, 0.5) is 11.9 Å². The van der Waals surface area contributed by atoms with Crippen LogP contribution < -0.4 is 10.6 Å². The number of nitrogens with zero attached hydrogens (tertiary/aromatic N) is 3. The smallest absolute Gasteiger partial charge is 0.250 e. The third-order valence-corrected chi connectivity index (χ3v) is 5.24. The topological polar surface area (TPSA) is 71.8 Å². The van der Waals surface area contributed by atoms with E-state index in [1.807, 2.05) is 38.1 Å². The molecule has 2 N–H and O–H groups in total. The number of allylic oxidation sites excluding steroid dienone is 1. The first-order valence-electron chi connectivity index (χ1n) is 9.97. The van der Waals surface area contributed by atoms with Gasteiger partial charge in [0.25, 0.3) is 5.95 Å². The summed E-state index contributed by atoms with van der Waals surface area (Å²) < 4.78 is 1.75. The van der Waals surface area contributed by atoms with Crippen molar-refractivity contribution in [1.29, 1.82) is 0 Å². The summed E-state index contributed by atoms with van der Waals surface area (Å²) in [6.07, 6.45) is 2.49. The van der Waals surface area contributed by atoms with Gasteiger partial charge >= 0.3 is 0 Å². The minimum Gasteiger partial charge on any atom is -0.324 e. The molecule has 1 aromatic heterocycles. The highest BCUT2D eigenvalue weighted by Gasteiger charge is 2.27. The summed E-state index contributed by atoms with van der Waals surface area (Å²) in [6.45, 7) is 6.05. The van der Waals surface area contributed by atoms with Crippen LogP contribution in [0.15, 0.2) is 54.6 Å². The van der Waals surface area contributed by atoms with Crippen LogP contribution in [-0.4, -0.2) is 20.7 Å². The highest BCUT2D eigenvalue weighted by atomic mass is 35.5. The average Bonchev–Trinajstić information content (AvgIpc) is 3.09. The average molecular weight is 422 g/mol. The molecule has 0 saturated heterocycles. The standard InChI is InChI=1S/C23H24ClN5O/c1-14(2)12-21(30)26-22-27-23-25-19(16-10-8-15(3)9-11-16)13-20(29(23)28-22)17-6-4-5-7-18(17)24/h4-11,13-14,20H,12H2,1-3H3,(H2,25,26,27,28,30)/t20-/m0/s1. The maximum Gasteiger partial charge on any atom is 0.250 e. The molecular weight excluding hydrogens is 398 g/mol. The molecule has 0 saturated carbocycles. The minimum atomic E-state index is -0.255. The fraction of sp³-hybridized carbons (Fsp3) is 0.261. The van der Waals surface area contributed by atoms with Crippen LogP contribution in [0, 0.1) is 12.8 Å². The van der Waals surface area contributed by atoms with Crippen molar-refractivity contribution >= 4 is 35.1 Å². The largest absolute Gasteiger partial charge is 0.324 e. The molecule has 0 unspecified atom stereocenters. The SMILES string of the molecule is Cc1ccc(C2=C[C@@H](c3ccccc3Cl)n3nc(NC(=O)CC(C)C)nc3N2)cc1. The molecular formula is C23H24ClN5O. The monoisotopic (exact) mass is 421 g/mol. The summed E-state index contributed by atoms with van der Waals surface area (Å²) in [5, 5.41) is 11.3. The molecule has 0 spiro atoms. The summed E-state index contributed by atoms with van der Waals surface area (Å²) in [6, 6.07) is 15.7. The Hall–Kier alpha value is -3.12. The maximum atomic E-state index is 12.2. The summed E-state index contributed by atoms with van der Waals surface area (Å²) in [7, 11) is 0. The number of nitrogens with one attached hydrogen (secondary N) is 2. The van der Waals surface area contributed by atoms with Crippen molar-refractivity contribution < 1.29 is 4.79 Å². The molecule has 0 aliphatic carbocycles. The Kier molecular flexibility index (Phi) is 5.59. The second-order valence-electron chi connectivity index (χ2n) is 7.89. The summed E-state index contributed by atoms with van der Waals surface area (Å²) >= 11 is 6.51.